The van der Waals surface area contributed by atoms with E-state index in [0.29, 0.717) is 12.1 Å². The third-order valence-corrected chi connectivity index (χ3v) is 4.30. The van der Waals surface area contributed by atoms with Crippen LogP contribution in [-0.2, 0) is 0 Å². The lowest BCUT2D eigenvalue weighted by Crippen LogP contribution is -2.56. The van der Waals surface area contributed by atoms with E-state index in [9.17, 15) is 0 Å². The molecule has 1 aromatic heterocycles. The number of rotatable bonds is 3. The van der Waals surface area contributed by atoms with Crippen molar-refractivity contribution >= 4 is 0 Å². The zero-order chi connectivity index (χ0) is 11.7. The Hall–Kier alpha value is -0.930. The molecule has 0 saturated carbocycles. The third-order valence-electron chi connectivity index (χ3n) is 4.30. The molecule has 4 rings (SSSR count). The van der Waals surface area contributed by atoms with Crippen LogP contribution in [0, 0.1) is 5.92 Å². The molecule has 17 heavy (non-hydrogen) atoms. The van der Waals surface area contributed by atoms with Gasteiger partial charge in [0.25, 0.3) is 0 Å². The molecule has 4 heterocycles. The number of hydrogen-bond acceptors (Lipinski definition) is 3. The molecule has 3 aliphatic heterocycles. The van der Waals surface area contributed by atoms with Crippen LogP contribution >= 0.6 is 0 Å². The second-order valence-electron chi connectivity index (χ2n) is 5.42. The first-order chi connectivity index (χ1) is 8.33. The molecule has 0 radical (unpaired) electrons. The molecule has 3 saturated heterocycles. The fourth-order valence-corrected chi connectivity index (χ4v) is 3.20. The maximum Gasteiger partial charge on any atom is 0.0315 e. The number of nitrogens with one attached hydrogen (secondary N) is 1. The number of pyridine rings is 1. The summed E-state index contributed by atoms with van der Waals surface area (Å²) in [7, 11) is 0. The average Bonchev–Trinajstić information content (AvgIpc) is 2.41. The van der Waals surface area contributed by atoms with E-state index < -0.39 is 0 Å². The van der Waals surface area contributed by atoms with Crippen molar-refractivity contribution in [2.45, 2.75) is 31.8 Å². The van der Waals surface area contributed by atoms with E-state index in [1.54, 1.807) is 0 Å². The Balaban J connectivity index is 1.64. The van der Waals surface area contributed by atoms with E-state index in [4.69, 9.17) is 0 Å². The molecule has 1 N–H and O–H groups in total. The summed E-state index contributed by atoms with van der Waals surface area (Å²) < 4.78 is 0. The second kappa shape index (κ2) is 4.75. The zero-order valence-corrected chi connectivity index (χ0v) is 10.5. The Morgan fingerprint density at radius 2 is 2.24 bits per heavy atom. The molecular formula is C14H21N3. The summed E-state index contributed by atoms with van der Waals surface area (Å²) in [5, 5.41) is 3.78. The lowest BCUT2D eigenvalue weighted by molar-refractivity contribution is 0.0680. The first kappa shape index (κ1) is 11.2. The molecule has 3 aliphatic rings. The molecule has 1 aromatic rings. The zero-order valence-electron chi connectivity index (χ0n) is 10.5. The summed E-state index contributed by atoms with van der Waals surface area (Å²) in [6.07, 6.45) is 6.55. The van der Waals surface area contributed by atoms with Crippen LogP contribution < -0.4 is 5.32 Å². The Labute approximate surface area is 103 Å². The molecule has 3 nitrogen and oxygen atoms in total. The van der Waals surface area contributed by atoms with Gasteiger partial charge in [-0.15, -0.1) is 0 Å². The van der Waals surface area contributed by atoms with Gasteiger partial charge < -0.3 is 10.2 Å². The Bertz CT molecular complexity index is 357. The van der Waals surface area contributed by atoms with E-state index in [2.05, 4.69) is 28.2 Å². The standard InChI is InChI=1S/C14H21N3/c1-11(13-3-2-6-15-9-13)16-14-10-17-7-4-12(14)5-8-17/h2-3,6,9,11-12,14,16H,4-5,7-8,10H2,1H3/t11-,14?/m0/s1. The van der Waals surface area contributed by atoms with Crippen molar-refractivity contribution in [3.05, 3.63) is 30.1 Å². The Morgan fingerprint density at radius 3 is 2.82 bits per heavy atom. The van der Waals surface area contributed by atoms with Gasteiger partial charge in [0.2, 0.25) is 0 Å². The number of aromatic nitrogens is 1. The molecule has 0 amide bonds. The highest BCUT2D eigenvalue weighted by atomic mass is 15.2. The van der Waals surface area contributed by atoms with E-state index >= 15 is 0 Å². The molecule has 3 heteroatoms. The van der Waals surface area contributed by atoms with Gasteiger partial charge in [-0.1, -0.05) is 6.07 Å². The number of nitrogens with zero attached hydrogens (tertiary/aromatic N) is 2. The molecule has 3 fully saturated rings. The Morgan fingerprint density at radius 1 is 1.41 bits per heavy atom. The lowest BCUT2D eigenvalue weighted by atomic mass is 9.83. The van der Waals surface area contributed by atoms with Crippen LogP contribution in [0.5, 0.6) is 0 Å². The van der Waals surface area contributed by atoms with E-state index in [-0.39, 0.29) is 0 Å². The van der Waals surface area contributed by atoms with E-state index in [0.717, 1.165) is 5.92 Å². The molecule has 2 atom stereocenters. The van der Waals surface area contributed by atoms with Gasteiger partial charge in [-0.05, 0) is 50.4 Å². The monoisotopic (exact) mass is 231 g/mol. The van der Waals surface area contributed by atoms with E-state index in [1.165, 1.54) is 38.0 Å². The van der Waals surface area contributed by atoms with Gasteiger partial charge >= 0.3 is 0 Å². The van der Waals surface area contributed by atoms with Crippen LogP contribution in [0.15, 0.2) is 24.5 Å². The van der Waals surface area contributed by atoms with Gasteiger partial charge in [0.05, 0.1) is 0 Å². The van der Waals surface area contributed by atoms with Crippen LogP contribution in [0.3, 0.4) is 0 Å². The molecule has 1 unspecified atom stereocenters. The molecular weight excluding hydrogens is 210 g/mol. The third kappa shape index (κ3) is 2.35. The summed E-state index contributed by atoms with van der Waals surface area (Å²) in [6, 6.07) is 5.26. The minimum Gasteiger partial charge on any atom is -0.306 e. The smallest absolute Gasteiger partial charge is 0.0315 e. The van der Waals surface area contributed by atoms with Crippen LogP contribution in [0.1, 0.15) is 31.4 Å². The molecule has 2 bridgehead atoms. The highest BCUT2D eigenvalue weighted by molar-refractivity contribution is 5.13. The highest BCUT2D eigenvalue weighted by Crippen LogP contribution is 2.29. The van der Waals surface area contributed by atoms with Crippen LogP contribution in [0.25, 0.3) is 0 Å². The molecule has 92 valence electrons. The topological polar surface area (TPSA) is 28.2 Å². The normalized spacial score (nSPS) is 33.6. The first-order valence-electron chi connectivity index (χ1n) is 6.71. The summed E-state index contributed by atoms with van der Waals surface area (Å²) >= 11 is 0. The maximum absolute atomic E-state index is 4.20. The van der Waals surface area contributed by atoms with Crippen molar-refractivity contribution in [2.24, 2.45) is 5.92 Å². The number of hydrogen-bond donors (Lipinski definition) is 1. The fourth-order valence-electron chi connectivity index (χ4n) is 3.20. The predicted molar refractivity (Wildman–Crippen MR) is 68.7 cm³/mol. The van der Waals surface area contributed by atoms with Crippen molar-refractivity contribution in [3.8, 4) is 0 Å². The Kier molecular flexibility index (Phi) is 3.12. The van der Waals surface area contributed by atoms with Crippen molar-refractivity contribution in [1.29, 1.82) is 0 Å². The summed E-state index contributed by atoms with van der Waals surface area (Å²) in [4.78, 5) is 6.79. The molecule has 0 aromatic carbocycles. The largest absolute Gasteiger partial charge is 0.306 e. The molecule has 0 spiro atoms. The summed E-state index contributed by atoms with van der Waals surface area (Å²) in [5.74, 6) is 0.888. The first-order valence-corrected chi connectivity index (χ1v) is 6.71. The van der Waals surface area contributed by atoms with Crippen molar-refractivity contribution in [1.82, 2.24) is 15.2 Å². The van der Waals surface area contributed by atoms with Crippen molar-refractivity contribution < 1.29 is 0 Å². The van der Waals surface area contributed by atoms with Gasteiger partial charge in [0, 0.05) is 31.0 Å². The minimum absolute atomic E-state index is 0.411. The van der Waals surface area contributed by atoms with Gasteiger partial charge in [0.15, 0.2) is 0 Å². The lowest BCUT2D eigenvalue weighted by Gasteiger charge is -2.46. The van der Waals surface area contributed by atoms with Gasteiger partial charge in [-0.2, -0.15) is 0 Å². The van der Waals surface area contributed by atoms with Gasteiger partial charge in [-0.3, -0.25) is 4.98 Å². The maximum atomic E-state index is 4.20. The average molecular weight is 231 g/mol. The fraction of sp³-hybridized carbons (Fsp3) is 0.643. The van der Waals surface area contributed by atoms with Gasteiger partial charge in [0.1, 0.15) is 0 Å². The van der Waals surface area contributed by atoms with Crippen LogP contribution in [0.2, 0.25) is 0 Å². The highest BCUT2D eigenvalue weighted by Gasteiger charge is 2.34. The van der Waals surface area contributed by atoms with E-state index in [1.807, 2.05) is 18.5 Å². The van der Waals surface area contributed by atoms with Crippen molar-refractivity contribution in [3.63, 3.8) is 0 Å². The van der Waals surface area contributed by atoms with Crippen molar-refractivity contribution in [2.75, 3.05) is 19.6 Å². The number of piperidine rings is 3. The second-order valence-corrected chi connectivity index (χ2v) is 5.42. The number of fused-ring (bicyclic) bond motifs is 3. The predicted octanol–water partition coefficient (Wildman–Crippen LogP) is 1.83. The summed E-state index contributed by atoms with van der Waals surface area (Å²) in [6.45, 7) is 6.10. The SMILES string of the molecule is C[C@H](NC1CN2CCC1CC2)c1cccnc1. The summed E-state index contributed by atoms with van der Waals surface area (Å²) in [5.41, 5.74) is 1.30. The minimum atomic E-state index is 0.411. The quantitative estimate of drug-likeness (QED) is 0.860. The van der Waals surface area contributed by atoms with Gasteiger partial charge in [-0.25, -0.2) is 0 Å². The van der Waals surface area contributed by atoms with Crippen LogP contribution in [-0.4, -0.2) is 35.6 Å². The molecule has 0 aliphatic carbocycles. The van der Waals surface area contributed by atoms with Crippen LogP contribution in [0.4, 0.5) is 0 Å².